The zero-order valence-corrected chi connectivity index (χ0v) is 28.2. The van der Waals surface area contributed by atoms with Gasteiger partial charge >= 0.3 is 6.09 Å². The van der Waals surface area contributed by atoms with Gasteiger partial charge in [0.2, 0.25) is 11.8 Å². The molecule has 1 heterocycles. The van der Waals surface area contributed by atoms with Gasteiger partial charge in [-0.3, -0.25) is 14.4 Å². The van der Waals surface area contributed by atoms with Crippen LogP contribution in [0.4, 0.5) is 4.79 Å². The smallest absolute Gasteiger partial charge is 0.408 e. The van der Waals surface area contributed by atoms with Crippen molar-refractivity contribution in [3.63, 3.8) is 0 Å². The number of carbonyl (C=O) groups excluding carboxylic acids is 4. The molecule has 2 fully saturated rings. The Balaban J connectivity index is 1.54. The zero-order valence-electron chi connectivity index (χ0n) is 26.6. The fourth-order valence-corrected chi connectivity index (χ4v) is 6.04. The third kappa shape index (κ3) is 9.59. The Kier molecular flexibility index (Phi) is 12.0. The second-order valence-electron chi connectivity index (χ2n) is 13.3. The van der Waals surface area contributed by atoms with Gasteiger partial charge in [0.05, 0.1) is 6.04 Å². The fraction of sp³-hybridized carbons (Fsp3) is 0.529. The number of halogens is 2. The van der Waals surface area contributed by atoms with Crippen LogP contribution in [-0.2, 0) is 24.5 Å². The van der Waals surface area contributed by atoms with Crippen LogP contribution in [0, 0.1) is 11.8 Å². The van der Waals surface area contributed by atoms with Crippen LogP contribution in [0.25, 0.3) is 0 Å². The largest absolute Gasteiger partial charge is 0.440 e. The Labute approximate surface area is 280 Å². The van der Waals surface area contributed by atoms with Gasteiger partial charge in [-0.05, 0) is 73.4 Å². The zero-order chi connectivity index (χ0) is 33.6. The summed E-state index contributed by atoms with van der Waals surface area (Å²) in [5, 5.41) is 23.1. The molecule has 2 aromatic rings. The molecule has 0 aromatic heterocycles. The summed E-state index contributed by atoms with van der Waals surface area (Å²) in [5.74, 6) is -1.86. The average Bonchev–Trinajstić information content (AvgIpc) is 3.73. The number of carbonyl (C=O) groups is 4. The maximum Gasteiger partial charge on any atom is 0.408 e. The van der Waals surface area contributed by atoms with E-state index in [0.29, 0.717) is 28.6 Å². The van der Waals surface area contributed by atoms with Crippen molar-refractivity contribution in [1.29, 1.82) is 0 Å². The highest BCUT2D eigenvalue weighted by Crippen LogP contribution is 2.40. The van der Waals surface area contributed by atoms with Gasteiger partial charge in [0.25, 0.3) is 5.91 Å². The molecule has 4 rings (SSSR count). The summed E-state index contributed by atoms with van der Waals surface area (Å²) in [4.78, 5) is 52.5. The lowest BCUT2D eigenvalue weighted by Crippen LogP contribution is -2.56. The summed E-state index contributed by atoms with van der Waals surface area (Å²) in [6.07, 6.45) is -0.689. The van der Waals surface area contributed by atoms with Crippen LogP contribution in [-0.4, -0.2) is 59.7 Å². The molecule has 4 amide bonds. The predicted octanol–water partition coefficient (Wildman–Crippen LogP) is 4.80. The Hall–Kier alpha value is -3.34. The van der Waals surface area contributed by atoms with Crippen molar-refractivity contribution in [3.8, 4) is 0 Å². The van der Waals surface area contributed by atoms with Crippen molar-refractivity contribution < 1.29 is 29.0 Å². The van der Waals surface area contributed by atoms with Crippen LogP contribution in [0.1, 0.15) is 77.0 Å². The number of alkyl carbamates (subject to hydrolysis) is 1. The van der Waals surface area contributed by atoms with Gasteiger partial charge in [0, 0.05) is 34.0 Å². The molecule has 2 aromatic carbocycles. The molecule has 0 bridgehead atoms. The molecule has 10 nitrogen and oxygen atoms in total. The van der Waals surface area contributed by atoms with Gasteiger partial charge in [-0.2, -0.15) is 0 Å². The van der Waals surface area contributed by atoms with Crippen LogP contribution in [0.2, 0.25) is 10.0 Å². The first-order valence-corrected chi connectivity index (χ1v) is 16.5. The van der Waals surface area contributed by atoms with E-state index in [4.69, 9.17) is 27.9 Å². The molecule has 1 aliphatic heterocycles. The molecule has 0 radical (unpaired) electrons. The SMILES string of the molecule is CC(C)CC(NC(=O)OC(c1ccc(Cl)cc1)C(C)(C)c1cccc(Cl)c1)C(=O)NC(C[C@@H]1CCNC1=O)C(O)C(=O)NC1CC1. The normalized spacial score (nSPS) is 19.0. The number of benzene rings is 2. The van der Waals surface area contributed by atoms with Crippen molar-refractivity contribution in [2.24, 2.45) is 11.8 Å². The molecule has 250 valence electrons. The summed E-state index contributed by atoms with van der Waals surface area (Å²) in [7, 11) is 0. The number of ether oxygens (including phenoxy) is 1. The number of aliphatic hydroxyl groups excluding tert-OH is 1. The van der Waals surface area contributed by atoms with Crippen LogP contribution in [0.3, 0.4) is 0 Å². The Morgan fingerprint density at radius 2 is 1.70 bits per heavy atom. The molecule has 0 spiro atoms. The van der Waals surface area contributed by atoms with Gasteiger partial charge in [-0.15, -0.1) is 0 Å². The van der Waals surface area contributed by atoms with E-state index in [9.17, 15) is 24.3 Å². The minimum absolute atomic E-state index is 0.00292. The lowest BCUT2D eigenvalue weighted by molar-refractivity contribution is -0.134. The molecule has 1 saturated carbocycles. The van der Waals surface area contributed by atoms with Crippen LogP contribution >= 0.6 is 23.2 Å². The Morgan fingerprint density at radius 3 is 2.28 bits per heavy atom. The number of aliphatic hydroxyl groups is 1. The summed E-state index contributed by atoms with van der Waals surface area (Å²) in [5.41, 5.74) is 0.772. The summed E-state index contributed by atoms with van der Waals surface area (Å²) >= 11 is 12.5. The van der Waals surface area contributed by atoms with E-state index in [-0.39, 0.29) is 30.7 Å². The van der Waals surface area contributed by atoms with Crippen molar-refractivity contribution in [3.05, 3.63) is 69.7 Å². The number of hydrogen-bond acceptors (Lipinski definition) is 6. The van der Waals surface area contributed by atoms with Gasteiger partial charge in [-0.25, -0.2) is 4.79 Å². The van der Waals surface area contributed by atoms with Gasteiger partial charge < -0.3 is 31.1 Å². The molecular formula is C34H44Cl2N4O6. The van der Waals surface area contributed by atoms with Crippen molar-refractivity contribution in [2.75, 3.05) is 6.54 Å². The van der Waals surface area contributed by atoms with Crippen molar-refractivity contribution >= 4 is 47.0 Å². The minimum Gasteiger partial charge on any atom is -0.440 e. The molecular weight excluding hydrogens is 631 g/mol. The van der Waals surface area contributed by atoms with Crippen molar-refractivity contribution in [2.45, 2.75) is 95.5 Å². The van der Waals surface area contributed by atoms with E-state index in [1.807, 2.05) is 45.9 Å². The van der Waals surface area contributed by atoms with E-state index in [2.05, 4.69) is 21.3 Å². The maximum atomic E-state index is 13.7. The molecule has 5 atom stereocenters. The lowest BCUT2D eigenvalue weighted by atomic mass is 9.76. The summed E-state index contributed by atoms with van der Waals surface area (Å²) in [6.45, 7) is 8.16. The number of nitrogens with one attached hydrogen (secondary N) is 4. The molecule has 12 heteroatoms. The molecule has 5 N–H and O–H groups in total. The van der Waals surface area contributed by atoms with E-state index in [1.165, 1.54) is 0 Å². The summed E-state index contributed by atoms with van der Waals surface area (Å²) < 4.78 is 6.08. The van der Waals surface area contributed by atoms with E-state index >= 15 is 0 Å². The predicted molar refractivity (Wildman–Crippen MR) is 176 cm³/mol. The lowest BCUT2D eigenvalue weighted by Gasteiger charge is -2.35. The molecule has 1 saturated heterocycles. The second kappa shape index (κ2) is 15.5. The first kappa shape index (κ1) is 35.5. The number of hydrogen-bond donors (Lipinski definition) is 5. The van der Waals surface area contributed by atoms with Gasteiger partial charge in [-0.1, -0.05) is 75.2 Å². The highest BCUT2D eigenvalue weighted by Gasteiger charge is 2.39. The third-order valence-corrected chi connectivity index (χ3v) is 9.03. The quantitative estimate of drug-likeness (QED) is 0.195. The molecule has 2 aliphatic rings. The van der Waals surface area contributed by atoms with E-state index < -0.39 is 53.5 Å². The highest BCUT2D eigenvalue weighted by molar-refractivity contribution is 6.30. The standard InChI is InChI=1S/C34H44Cl2N4O6/c1-19(2)16-27(31(43)39-26(17-21-14-15-37-30(21)42)28(41)32(44)38-25-12-13-25)40-33(45)46-29(20-8-10-23(35)11-9-20)34(3,4)22-6-5-7-24(36)18-22/h5-11,18-19,21,25-29,41H,12-17H2,1-4H3,(H,37,42)(H,38,44)(H,39,43)(H,40,45)/t21-,26?,27?,28?,29?/m0/s1. The molecule has 46 heavy (non-hydrogen) atoms. The first-order valence-electron chi connectivity index (χ1n) is 15.8. The fourth-order valence-electron chi connectivity index (χ4n) is 5.72. The minimum atomic E-state index is -1.57. The number of amides is 4. The van der Waals surface area contributed by atoms with E-state index in [1.54, 1.807) is 30.3 Å². The van der Waals surface area contributed by atoms with Gasteiger partial charge in [0.1, 0.15) is 12.1 Å². The van der Waals surface area contributed by atoms with Crippen LogP contribution < -0.4 is 21.3 Å². The van der Waals surface area contributed by atoms with Gasteiger partial charge in [0.15, 0.2) is 6.10 Å². The van der Waals surface area contributed by atoms with Crippen molar-refractivity contribution in [1.82, 2.24) is 21.3 Å². The molecule has 4 unspecified atom stereocenters. The highest BCUT2D eigenvalue weighted by atomic mass is 35.5. The number of rotatable bonds is 14. The van der Waals surface area contributed by atoms with Crippen LogP contribution in [0.15, 0.2) is 48.5 Å². The average molecular weight is 676 g/mol. The topological polar surface area (TPSA) is 146 Å². The molecule has 1 aliphatic carbocycles. The third-order valence-electron chi connectivity index (χ3n) is 8.54. The van der Waals surface area contributed by atoms with E-state index in [0.717, 1.165) is 18.4 Å². The Morgan fingerprint density at radius 1 is 1.00 bits per heavy atom. The maximum absolute atomic E-state index is 13.7. The Bertz CT molecular complexity index is 1400. The first-order chi connectivity index (χ1) is 21.7. The monoisotopic (exact) mass is 674 g/mol. The summed E-state index contributed by atoms with van der Waals surface area (Å²) in [6, 6.07) is 12.2. The second-order valence-corrected chi connectivity index (χ2v) is 14.1. The van der Waals surface area contributed by atoms with Crippen LogP contribution in [0.5, 0.6) is 0 Å².